The number of hydrogen-bond donors (Lipinski definition) is 0. The van der Waals surface area contributed by atoms with Gasteiger partial charge < -0.3 is 9.80 Å². The summed E-state index contributed by atoms with van der Waals surface area (Å²) >= 11 is 5.99. The molecule has 0 atom stereocenters. The van der Waals surface area contributed by atoms with E-state index in [2.05, 4.69) is 0 Å². The SMILES string of the molecule is CCN1CCCn2nc(C3CCN(C(=O)/C=C/c4cccc(Cl)c4)CC3)cc2C1=O. The van der Waals surface area contributed by atoms with Crippen molar-refractivity contribution >= 4 is 29.5 Å². The van der Waals surface area contributed by atoms with Gasteiger partial charge in [0.05, 0.1) is 5.69 Å². The van der Waals surface area contributed by atoms with Crippen LogP contribution in [0, 0.1) is 0 Å². The molecule has 7 heteroatoms. The lowest BCUT2D eigenvalue weighted by molar-refractivity contribution is -0.127. The third-order valence-corrected chi connectivity index (χ3v) is 6.21. The molecule has 1 saturated heterocycles. The Hall–Kier alpha value is -2.60. The van der Waals surface area contributed by atoms with Crippen molar-refractivity contribution in [2.45, 2.75) is 38.6 Å². The average Bonchev–Trinajstić information content (AvgIpc) is 3.13. The van der Waals surface area contributed by atoms with E-state index in [1.807, 2.05) is 51.7 Å². The molecule has 0 aliphatic carbocycles. The van der Waals surface area contributed by atoms with Gasteiger partial charge in [0.15, 0.2) is 0 Å². The van der Waals surface area contributed by atoms with Gasteiger partial charge in [0.1, 0.15) is 5.69 Å². The van der Waals surface area contributed by atoms with Gasteiger partial charge in [-0.05, 0) is 56.0 Å². The molecule has 2 aliphatic heterocycles. The highest BCUT2D eigenvalue weighted by Crippen LogP contribution is 2.29. The molecule has 30 heavy (non-hydrogen) atoms. The van der Waals surface area contributed by atoms with Crippen LogP contribution in [0.25, 0.3) is 6.08 Å². The molecular weight excluding hydrogens is 400 g/mol. The van der Waals surface area contributed by atoms with Crippen molar-refractivity contribution in [1.82, 2.24) is 19.6 Å². The third-order valence-electron chi connectivity index (χ3n) is 5.98. The van der Waals surface area contributed by atoms with E-state index in [1.165, 1.54) is 0 Å². The highest BCUT2D eigenvalue weighted by Gasteiger charge is 2.28. The number of amides is 2. The Kier molecular flexibility index (Phi) is 6.23. The first-order chi connectivity index (χ1) is 14.5. The highest BCUT2D eigenvalue weighted by molar-refractivity contribution is 6.30. The van der Waals surface area contributed by atoms with E-state index in [4.69, 9.17) is 16.7 Å². The molecule has 0 bridgehead atoms. The van der Waals surface area contributed by atoms with Crippen molar-refractivity contribution in [2.24, 2.45) is 0 Å². The van der Waals surface area contributed by atoms with E-state index >= 15 is 0 Å². The fourth-order valence-electron chi connectivity index (χ4n) is 4.23. The van der Waals surface area contributed by atoms with Crippen LogP contribution in [0.15, 0.2) is 36.4 Å². The average molecular weight is 427 g/mol. The van der Waals surface area contributed by atoms with Crippen molar-refractivity contribution in [3.05, 3.63) is 58.4 Å². The molecule has 0 unspecified atom stereocenters. The van der Waals surface area contributed by atoms with Gasteiger partial charge in [-0.3, -0.25) is 14.3 Å². The van der Waals surface area contributed by atoms with Crippen molar-refractivity contribution < 1.29 is 9.59 Å². The lowest BCUT2D eigenvalue weighted by Crippen LogP contribution is -2.37. The number of rotatable bonds is 4. The van der Waals surface area contributed by atoms with Crippen molar-refractivity contribution in [3.63, 3.8) is 0 Å². The maximum atomic E-state index is 12.7. The van der Waals surface area contributed by atoms with Gasteiger partial charge in [-0.15, -0.1) is 0 Å². The molecule has 0 saturated carbocycles. The van der Waals surface area contributed by atoms with E-state index in [1.54, 1.807) is 12.2 Å². The molecular formula is C23H27ClN4O2. The standard InChI is InChI=1S/C23H27ClN4O2/c1-2-26-11-4-12-28-21(23(26)30)16-20(25-28)18-9-13-27(14-10-18)22(29)8-7-17-5-3-6-19(24)15-17/h3,5-8,15-16,18H,2,4,9-14H2,1H3/b8-7+. The number of halogens is 1. The number of nitrogens with zero attached hydrogens (tertiary/aromatic N) is 4. The summed E-state index contributed by atoms with van der Waals surface area (Å²) in [6, 6.07) is 9.41. The molecule has 2 amide bonds. The van der Waals surface area contributed by atoms with Gasteiger partial charge in [-0.1, -0.05) is 23.7 Å². The molecule has 0 radical (unpaired) electrons. The van der Waals surface area contributed by atoms with Gasteiger partial charge in [-0.2, -0.15) is 5.10 Å². The zero-order valence-electron chi connectivity index (χ0n) is 17.3. The number of carbonyl (C=O) groups excluding carboxylic acids is 2. The smallest absolute Gasteiger partial charge is 0.272 e. The van der Waals surface area contributed by atoms with Gasteiger partial charge in [0.25, 0.3) is 5.91 Å². The van der Waals surface area contributed by atoms with Crippen LogP contribution >= 0.6 is 11.6 Å². The topological polar surface area (TPSA) is 58.4 Å². The lowest BCUT2D eigenvalue weighted by atomic mass is 9.93. The molecule has 2 aromatic rings. The number of piperidine rings is 1. The second-order valence-corrected chi connectivity index (χ2v) is 8.34. The number of aromatic nitrogens is 2. The molecule has 0 spiro atoms. The number of hydrogen-bond acceptors (Lipinski definition) is 3. The second-order valence-electron chi connectivity index (χ2n) is 7.90. The molecule has 6 nitrogen and oxygen atoms in total. The predicted molar refractivity (Wildman–Crippen MR) is 117 cm³/mol. The van der Waals surface area contributed by atoms with Crippen LogP contribution in [0.1, 0.15) is 53.8 Å². The summed E-state index contributed by atoms with van der Waals surface area (Å²) in [6.45, 7) is 5.70. The van der Waals surface area contributed by atoms with Gasteiger partial charge in [0.2, 0.25) is 5.91 Å². The minimum absolute atomic E-state index is 0.0165. The summed E-state index contributed by atoms with van der Waals surface area (Å²) in [5.41, 5.74) is 2.60. The Bertz CT molecular complexity index is 960. The molecule has 0 N–H and O–H groups in total. The first-order valence-electron chi connectivity index (χ1n) is 10.6. The van der Waals surface area contributed by atoms with Gasteiger partial charge in [0, 0.05) is 49.7 Å². The monoisotopic (exact) mass is 426 g/mol. The van der Waals surface area contributed by atoms with Crippen LogP contribution < -0.4 is 0 Å². The van der Waals surface area contributed by atoms with Crippen molar-refractivity contribution in [3.8, 4) is 0 Å². The zero-order chi connectivity index (χ0) is 21.1. The number of aryl methyl sites for hydroxylation is 1. The van der Waals surface area contributed by atoms with Crippen LogP contribution in [0.3, 0.4) is 0 Å². The summed E-state index contributed by atoms with van der Waals surface area (Å²) in [5.74, 6) is 0.378. The van der Waals surface area contributed by atoms with Gasteiger partial charge in [-0.25, -0.2) is 0 Å². The maximum Gasteiger partial charge on any atom is 0.272 e. The highest BCUT2D eigenvalue weighted by atomic mass is 35.5. The third kappa shape index (κ3) is 4.43. The molecule has 1 aromatic carbocycles. The first kappa shape index (κ1) is 20.7. The number of carbonyl (C=O) groups is 2. The van der Waals surface area contributed by atoms with E-state index in [-0.39, 0.29) is 17.7 Å². The number of likely N-dealkylation sites (tertiary alicyclic amines) is 1. The Balaban J connectivity index is 1.37. The minimum Gasteiger partial charge on any atom is -0.339 e. The molecule has 4 rings (SSSR count). The second kappa shape index (κ2) is 9.04. The maximum absolute atomic E-state index is 12.7. The summed E-state index contributed by atoms with van der Waals surface area (Å²) in [4.78, 5) is 29.0. The fourth-order valence-corrected chi connectivity index (χ4v) is 4.43. The Labute approximate surface area is 182 Å². The quantitative estimate of drug-likeness (QED) is 0.698. The van der Waals surface area contributed by atoms with Crippen LogP contribution in [0.2, 0.25) is 5.02 Å². The zero-order valence-corrected chi connectivity index (χ0v) is 18.0. The van der Waals surface area contributed by atoms with E-state index in [9.17, 15) is 9.59 Å². The first-order valence-corrected chi connectivity index (χ1v) is 11.0. The normalized spacial score (nSPS) is 18.0. The van der Waals surface area contributed by atoms with Crippen LogP contribution in [-0.4, -0.2) is 57.6 Å². The minimum atomic E-state index is 0.0165. The van der Waals surface area contributed by atoms with Gasteiger partial charge >= 0.3 is 0 Å². The molecule has 158 valence electrons. The van der Waals surface area contributed by atoms with E-state index in [0.29, 0.717) is 23.8 Å². The summed E-state index contributed by atoms with van der Waals surface area (Å²) in [6.07, 6.45) is 6.07. The Morgan fingerprint density at radius 3 is 2.73 bits per heavy atom. The Morgan fingerprint density at radius 2 is 2.00 bits per heavy atom. The lowest BCUT2D eigenvalue weighted by Gasteiger charge is -2.30. The fraction of sp³-hybridized carbons (Fsp3) is 0.435. The van der Waals surface area contributed by atoms with Crippen molar-refractivity contribution in [2.75, 3.05) is 26.2 Å². The molecule has 1 aromatic heterocycles. The number of fused-ring (bicyclic) bond motifs is 1. The molecule has 3 heterocycles. The largest absolute Gasteiger partial charge is 0.339 e. The van der Waals surface area contributed by atoms with E-state index < -0.39 is 0 Å². The summed E-state index contributed by atoms with van der Waals surface area (Å²) in [5, 5.41) is 5.40. The molecule has 1 fully saturated rings. The van der Waals surface area contributed by atoms with Crippen LogP contribution in [0.5, 0.6) is 0 Å². The van der Waals surface area contributed by atoms with Crippen LogP contribution in [0.4, 0.5) is 0 Å². The molecule has 2 aliphatic rings. The van der Waals surface area contributed by atoms with Crippen molar-refractivity contribution in [1.29, 1.82) is 0 Å². The summed E-state index contributed by atoms with van der Waals surface area (Å²) < 4.78 is 1.87. The number of benzene rings is 1. The van der Waals surface area contributed by atoms with Crippen LogP contribution in [-0.2, 0) is 11.3 Å². The predicted octanol–water partition coefficient (Wildman–Crippen LogP) is 3.82. The van der Waals surface area contributed by atoms with E-state index in [0.717, 1.165) is 50.2 Å². The summed E-state index contributed by atoms with van der Waals surface area (Å²) in [7, 11) is 0. The Morgan fingerprint density at radius 1 is 1.20 bits per heavy atom.